The number of benzene rings is 3. The molecule has 0 fully saturated rings. The van der Waals surface area contributed by atoms with Crippen LogP contribution in [0.2, 0.25) is 0 Å². The molecule has 170 valence electrons. The summed E-state index contributed by atoms with van der Waals surface area (Å²) in [6.45, 7) is 1.81. The van der Waals surface area contributed by atoms with E-state index in [1.165, 1.54) is 23.1 Å². The van der Waals surface area contributed by atoms with Gasteiger partial charge in [0.25, 0.3) is 11.8 Å². The van der Waals surface area contributed by atoms with Crippen LogP contribution in [0.5, 0.6) is 0 Å². The lowest BCUT2D eigenvalue weighted by atomic mass is 10.00. The van der Waals surface area contributed by atoms with Crippen LogP contribution in [-0.4, -0.2) is 35.7 Å². The number of H-pyrrole nitrogens is 1. The molecule has 2 amide bonds. The number of nitrogens with zero attached hydrogens (tertiary/aromatic N) is 2. The molecule has 0 spiro atoms. The van der Waals surface area contributed by atoms with Crippen molar-refractivity contribution in [3.8, 4) is 0 Å². The summed E-state index contributed by atoms with van der Waals surface area (Å²) >= 11 is 0. The van der Waals surface area contributed by atoms with E-state index in [-0.39, 0.29) is 22.5 Å². The Labute approximate surface area is 193 Å². The van der Waals surface area contributed by atoms with E-state index >= 15 is 0 Å². The Morgan fingerprint density at radius 2 is 1.71 bits per heavy atom. The number of aromatic nitrogens is 1. The predicted octanol–water partition coefficient (Wildman–Crippen LogP) is 4.32. The largest absolute Gasteiger partial charge is 0.348 e. The van der Waals surface area contributed by atoms with E-state index in [9.17, 15) is 18.4 Å². The second-order valence-corrected chi connectivity index (χ2v) is 8.08. The summed E-state index contributed by atoms with van der Waals surface area (Å²) in [7, 11) is 1.57. The van der Waals surface area contributed by atoms with E-state index in [0.29, 0.717) is 16.6 Å². The van der Waals surface area contributed by atoms with Gasteiger partial charge in [0.05, 0.1) is 16.9 Å². The van der Waals surface area contributed by atoms with Gasteiger partial charge in [-0.3, -0.25) is 9.59 Å². The highest BCUT2D eigenvalue weighted by molar-refractivity contribution is 6.20. The molecule has 0 saturated carbocycles. The van der Waals surface area contributed by atoms with E-state index in [2.05, 4.69) is 15.3 Å². The van der Waals surface area contributed by atoms with Gasteiger partial charge in [-0.15, -0.1) is 0 Å². The lowest BCUT2D eigenvalue weighted by Crippen LogP contribution is -2.46. The number of para-hydroxylation sites is 1. The number of benzodiazepines with no additional fused rings is 1. The molecule has 34 heavy (non-hydrogen) atoms. The SMILES string of the molecule is Cc1ccc(F)c2[nH]c(C(=O)NC3N=C(c4ccccc4F)c4ccccc4N(C)C3=O)cc12. The lowest BCUT2D eigenvalue weighted by Gasteiger charge is -2.20. The fourth-order valence-electron chi connectivity index (χ4n) is 4.13. The van der Waals surface area contributed by atoms with Gasteiger partial charge in [0.15, 0.2) is 0 Å². The highest BCUT2D eigenvalue weighted by Crippen LogP contribution is 2.28. The number of hydrogen-bond acceptors (Lipinski definition) is 3. The Balaban J connectivity index is 1.58. The fourth-order valence-corrected chi connectivity index (χ4v) is 4.13. The molecule has 1 unspecified atom stereocenters. The standard InChI is InChI=1S/C26H20F2N4O2/c1-14-11-12-19(28)23-17(14)13-20(29-23)25(33)31-24-26(34)32(2)21-10-6-4-8-16(21)22(30-24)15-7-3-5-9-18(15)27/h3-13,24,29H,1-2H3,(H,31,33). The lowest BCUT2D eigenvalue weighted by molar-refractivity contribution is -0.119. The maximum absolute atomic E-state index is 14.7. The Hall–Kier alpha value is -4.33. The Kier molecular flexibility index (Phi) is 5.20. The number of aryl methyl sites for hydroxylation is 1. The van der Waals surface area contributed by atoms with Crippen molar-refractivity contribution in [2.24, 2.45) is 4.99 Å². The highest BCUT2D eigenvalue weighted by Gasteiger charge is 2.32. The number of amides is 2. The van der Waals surface area contributed by atoms with Crippen LogP contribution in [0.15, 0.2) is 71.7 Å². The highest BCUT2D eigenvalue weighted by atomic mass is 19.1. The van der Waals surface area contributed by atoms with Crippen molar-refractivity contribution in [2.75, 3.05) is 11.9 Å². The monoisotopic (exact) mass is 458 g/mol. The third-order valence-corrected chi connectivity index (χ3v) is 5.95. The number of carbonyl (C=O) groups excluding carboxylic acids is 2. The number of fused-ring (bicyclic) bond motifs is 2. The number of nitrogens with one attached hydrogen (secondary N) is 2. The van der Waals surface area contributed by atoms with E-state index in [0.717, 1.165) is 5.56 Å². The van der Waals surface area contributed by atoms with Crippen LogP contribution in [0.4, 0.5) is 14.5 Å². The minimum atomic E-state index is -1.32. The minimum absolute atomic E-state index is 0.0862. The zero-order valence-electron chi connectivity index (χ0n) is 18.4. The maximum Gasteiger partial charge on any atom is 0.272 e. The van der Waals surface area contributed by atoms with Crippen LogP contribution >= 0.6 is 0 Å². The molecule has 2 N–H and O–H groups in total. The van der Waals surface area contributed by atoms with Crippen LogP contribution < -0.4 is 10.2 Å². The first kappa shape index (κ1) is 21.5. The molecule has 0 saturated heterocycles. The number of aliphatic imine (C=N–C) groups is 1. The van der Waals surface area contributed by atoms with Crippen molar-refractivity contribution in [1.29, 1.82) is 0 Å². The normalized spacial score (nSPS) is 15.6. The van der Waals surface area contributed by atoms with Gasteiger partial charge in [0.1, 0.15) is 17.3 Å². The van der Waals surface area contributed by atoms with E-state index < -0.39 is 29.6 Å². The summed E-state index contributed by atoms with van der Waals surface area (Å²) in [6, 6.07) is 17.6. The molecule has 5 rings (SSSR count). The number of rotatable bonds is 3. The maximum atomic E-state index is 14.7. The first-order valence-electron chi connectivity index (χ1n) is 10.6. The predicted molar refractivity (Wildman–Crippen MR) is 126 cm³/mol. The van der Waals surface area contributed by atoms with Gasteiger partial charge in [-0.1, -0.05) is 36.4 Å². The van der Waals surface area contributed by atoms with Crippen LogP contribution in [-0.2, 0) is 4.79 Å². The second kappa shape index (κ2) is 8.22. The molecule has 8 heteroatoms. The smallest absolute Gasteiger partial charge is 0.272 e. The van der Waals surface area contributed by atoms with Gasteiger partial charge in [-0.25, -0.2) is 13.8 Å². The fraction of sp³-hybridized carbons (Fsp3) is 0.115. The van der Waals surface area contributed by atoms with Gasteiger partial charge in [0, 0.05) is 23.6 Å². The van der Waals surface area contributed by atoms with Crippen LogP contribution in [0, 0.1) is 18.6 Å². The topological polar surface area (TPSA) is 77.6 Å². The zero-order chi connectivity index (χ0) is 24.0. The molecule has 0 aliphatic carbocycles. The van der Waals surface area contributed by atoms with Crippen LogP contribution in [0.25, 0.3) is 10.9 Å². The van der Waals surface area contributed by atoms with Crippen molar-refractivity contribution in [3.05, 3.63) is 101 Å². The van der Waals surface area contributed by atoms with E-state index in [4.69, 9.17) is 0 Å². The Bertz CT molecular complexity index is 1450. The average molecular weight is 458 g/mol. The first-order chi connectivity index (χ1) is 16.3. The molecule has 4 aromatic rings. The number of carbonyl (C=O) groups is 2. The third kappa shape index (κ3) is 3.53. The van der Waals surface area contributed by atoms with Crippen molar-refractivity contribution in [1.82, 2.24) is 10.3 Å². The number of likely N-dealkylation sites (N-methyl/N-ethyl adjacent to an activating group) is 1. The van der Waals surface area contributed by atoms with E-state index in [1.54, 1.807) is 55.6 Å². The summed E-state index contributed by atoms with van der Waals surface area (Å²) in [5.41, 5.74) is 2.64. The number of anilines is 1. The molecule has 2 heterocycles. The molecular weight excluding hydrogens is 438 g/mol. The van der Waals surface area contributed by atoms with Gasteiger partial charge >= 0.3 is 0 Å². The average Bonchev–Trinajstić information content (AvgIpc) is 3.27. The summed E-state index contributed by atoms with van der Waals surface area (Å²) in [5.74, 6) is -2.12. The summed E-state index contributed by atoms with van der Waals surface area (Å²) < 4.78 is 29.0. The molecule has 3 aromatic carbocycles. The van der Waals surface area contributed by atoms with Crippen molar-refractivity contribution < 1.29 is 18.4 Å². The summed E-state index contributed by atoms with van der Waals surface area (Å²) in [4.78, 5) is 35.0. The zero-order valence-corrected chi connectivity index (χ0v) is 18.4. The van der Waals surface area contributed by atoms with Gasteiger partial charge in [0.2, 0.25) is 6.17 Å². The number of halogens is 2. The summed E-state index contributed by atoms with van der Waals surface area (Å²) in [6.07, 6.45) is -1.32. The van der Waals surface area contributed by atoms with Gasteiger partial charge in [-0.05, 0) is 42.8 Å². The van der Waals surface area contributed by atoms with Crippen molar-refractivity contribution >= 4 is 34.1 Å². The molecule has 1 aromatic heterocycles. The van der Waals surface area contributed by atoms with Gasteiger partial charge in [-0.2, -0.15) is 0 Å². The first-order valence-corrected chi connectivity index (χ1v) is 10.6. The second-order valence-electron chi connectivity index (χ2n) is 8.08. The molecule has 6 nitrogen and oxygen atoms in total. The Morgan fingerprint density at radius 1 is 1.00 bits per heavy atom. The minimum Gasteiger partial charge on any atom is -0.348 e. The third-order valence-electron chi connectivity index (χ3n) is 5.95. The molecular formula is C26H20F2N4O2. The van der Waals surface area contributed by atoms with E-state index in [1.807, 2.05) is 6.92 Å². The van der Waals surface area contributed by atoms with Crippen molar-refractivity contribution in [2.45, 2.75) is 13.1 Å². The van der Waals surface area contributed by atoms with Crippen LogP contribution in [0.1, 0.15) is 27.2 Å². The molecule has 1 aliphatic rings. The Morgan fingerprint density at radius 3 is 2.44 bits per heavy atom. The quantitative estimate of drug-likeness (QED) is 0.480. The number of hydrogen-bond donors (Lipinski definition) is 2. The molecule has 0 bridgehead atoms. The van der Waals surface area contributed by atoms with Gasteiger partial charge < -0.3 is 15.2 Å². The molecule has 1 atom stereocenters. The molecule has 1 aliphatic heterocycles. The number of aromatic amines is 1. The van der Waals surface area contributed by atoms with Crippen molar-refractivity contribution in [3.63, 3.8) is 0 Å². The summed E-state index contributed by atoms with van der Waals surface area (Å²) in [5, 5.41) is 3.18. The molecule has 0 radical (unpaired) electrons. The van der Waals surface area contributed by atoms with Crippen LogP contribution in [0.3, 0.4) is 0 Å².